The molecule has 0 unspecified atom stereocenters. The number of nitrogens with one attached hydrogen (secondary N) is 3. The fraction of sp³-hybridized carbons (Fsp3) is 0.143. The second-order valence-corrected chi connectivity index (χ2v) is 6.19. The van der Waals surface area contributed by atoms with Crippen LogP contribution in [0.5, 0.6) is 5.75 Å². The number of carbonyl (C=O) groups is 2. The van der Waals surface area contributed by atoms with Gasteiger partial charge in [0, 0.05) is 5.69 Å². The fourth-order valence-corrected chi connectivity index (χ4v) is 2.69. The largest absolute Gasteiger partial charge is 0.496 e. The lowest BCUT2D eigenvalue weighted by atomic mass is 10.2. The van der Waals surface area contributed by atoms with Gasteiger partial charge in [-0.2, -0.15) is 0 Å². The van der Waals surface area contributed by atoms with Crippen molar-refractivity contribution >= 4 is 34.9 Å². The van der Waals surface area contributed by atoms with Crippen molar-refractivity contribution < 1.29 is 19.1 Å². The van der Waals surface area contributed by atoms with Crippen LogP contribution in [-0.2, 0) is 4.74 Å². The Morgan fingerprint density at radius 1 is 1.06 bits per heavy atom. The lowest BCUT2D eigenvalue weighted by Gasteiger charge is -2.14. The first-order valence-electron chi connectivity index (χ1n) is 9.37. The SMILES string of the molecule is CCOC(=O)c1cccc(Nc2ncnc(NNC(=O)c3ccccc3OC)c2N)c1. The van der Waals surface area contributed by atoms with Gasteiger partial charge in [0.15, 0.2) is 11.6 Å². The molecule has 0 aliphatic carbocycles. The molecule has 3 rings (SSSR count). The summed E-state index contributed by atoms with van der Waals surface area (Å²) in [4.78, 5) is 32.5. The number of methoxy groups -OCH3 is 1. The number of para-hydroxylation sites is 1. The van der Waals surface area contributed by atoms with E-state index in [-0.39, 0.29) is 18.1 Å². The molecule has 0 atom stereocenters. The number of carbonyl (C=O) groups excluding carboxylic acids is 2. The van der Waals surface area contributed by atoms with E-state index >= 15 is 0 Å². The molecule has 10 nitrogen and oxygen atoms in total. The van der Waals surface area contributed by atoms with Crippen LogP contribution in [-0.4, -0.2) is 35.6 Å². The van der Waals surface area contributed by atoms with Gasteiger partial charge in [-0.1, -0.05) is 18.2 Å². The summed E-state index contributed by atoms with van der Waals surface area (Å²) in [6, 6.07) is 13.5. The Kier molecular flexibility index (Phi) is 6.84. The molecule has 31 heavy (non-hydrogen) atoms. The van der Waals surface area contributed by atoms with Crippen LogP contribution < -0.4 is 26.6 Å². The van der Waals surface area contributed by atoms with Crippen LogP contribution in [0.3, 0.4) is 0 Å². The Morgan fingerprint density at radius 3 is 2.61 bits per heavy atom. The molecular formula is C21H22N6O4. The molecule has 160 valence electrons. The smallest absolute Gasteiger partial charge is 0.338 e. The molecule has 0 saturated heterocycles. The Morgan fingerprint density at radius 2 is 1.84 bits per heavy atom. The maximum Gasteiger partial charge on any atom is 0.338 e. The van der Waals surface area contributed by atoms with Gasteiger partial charge in [-0.25, -0.2) is 14.8 Å². The average molecular weight is 422 g/mol. The van der Waals surface area contributed by atoms with E-state index in [0.29, 0.717) is 28.4 Å². The molecule has 3 aromatic rings. The minimum atomic E-state index is -0.428. The molecular weight excluding hydrogens is 400 g/mol. The number of hydrazine groups is 1. The average Bonchev–Trinajstić information content (AvgIpc) is 2.79. The number of hydrogen-bond donors (Lipinski definition) is 4. The highest BCUT2D eigenvalue weighted by atomic mass is 16.5. The third-order valence-corrected chi connectivity index (χ3v) is 4.17. The van der Waals surface area contributed by atoms with E-state index in [0.717, 1.165) is 0 Å². The second-order valence-electron chi connectivity index (χ2n) is 6.19. The standard InChI is InChI=1S/C21H22N6O4/c1-3-31-21(29)13-7-6-8-14(11-13)25-18-17(22)19(24-12-23-18)26-27-20(28)15-9-4-5-10-16(15)30-2/h4-12H,3,22H2,1-2H3,(H,27,28)(H2,23,24,25,26). The third kappa shape index (κ3) is 5.18. The summed E-state index contributed by atoms with van der Waals surface area (Å²) in [6.07, 6.45) is 1.28. The number of hydrogen-bond acceptors (Lipinski definition) is 9. The zero-order valence-electron chi connectivity index (χ0n) is 17.0. The van der Waals surface area contributed by atoms with Crippen molar-refractivity contribution in [3.8, 4) is 5.75 Å². The number of nitrogens with zero attached hydrogens (tertiary/aromatic N) is 2. The number of anilines is 4. The third-order valence-electron chi connectivity index (χ3n) is 4.17. The highest BCUT2D eigenvalue weighted by molar-refractivity contribution is 5.97. The number of nitrogens with two attached hydrogens (primary N) is 1. The highest BCUT2D eigenvalue weighted by Crippen LogP contribution is 2.26. The van der Waals surface area contributed by atoms with Crippen molar-refractivity contribution in [1.82, 2.24) is 15.4 Å². The molecule has 0 spiro atoms. The number of amides is 1. The van der Waals surface area contributed by atoms with E-state index in [2.05, 4.69) is 26.1 Å². The van der Waals surface area contributed by atoms with Gasteiger partial charge in [-0.05, 0) is 37.3 Å². The summed E-state index contributed by atoms with van der Waals surface area (Å²) in [5, 5.41) is 3.03. The zero-order valence-corrected chi connectivity index (χ0v) is 17.0. The topological polar surface area (TPSA) is 140 Å². The van der Waals surface area contributed by atoms with Crippen LogP contribution in [0.1, 0.15) is 27.6 Å². The van der Waals surface area contributed by atoms with Gasteiger partial charge in [-0.3, -0.25) is 15.6 Å². The minimum Gasteiger partial charge on any atom is -0.496 e. The van der Waals surface area contributed by atoms with Crippen LogP contribution in [0.25, 0.3) is 0 Å². The minimum absolute atomic E-state index is 0.171. The molecule has 0 fully saturated rings. The van der Waals surface area contributed by atoms with Crippen LogP contribution in [0.15, 0.2) is 54.9 Å². The van der Waals surface area contributed by atoms with E-state index < -0.39 is 11.9 Å². The first kappa shape index (κ1) is 21.4. The Hall–Kier alpha value is -4.34. The lowest BCUT2D eigenvalue weighted by Crippen LogP contribution is -2.30. The Bertz CT molecular complexity index is 1090. The van der Waals surface area contributed by atoms with Crippen molar-refractivity contribution in [2.24, 2.45) is 0 Å². The summed E-state index contributed by atoms with van der Waals surface area (Å²) in [6.45, 7) is 2.02. The van der Waals surface area contributed by atoms with Crippen molar-refractivity contribution in [1.29, 1.82) is 0 Å². The molecule has 1 amide bonds. The van der Waals surface area contributed by atoms with Gasteiger partial charge in [0.1, 0.15) is 17.8 Å². The Labute approximate surface area is 178 Å². The van der Waals surface area contributed by atoms with Gasteiger partial charge in [0.05, 0.1) is 24.8 Å². The first-order valence-corrected chi connectivity index (χ1v) is 9.37. The number of benzene rings is 2. The summed E-state index contributed by atoms with van der Waals surface area (Å²) < 4.78 is 10.2. The molecule has 1 heterocycles. The molecule has 5 N–H and O–H groups in total. The summed E-state index contributed by atoms with van der Waals surface area (Å²) >= 11 is 0. The van der Waals surface area contributed by atoms with Gasteiger partial charge >= 0.3 is 5.97 Å². The quantitative estimate of drug-likeness (QED) is 0.318. The van der Waals surface area contributed by atoms with Gasteiger partial charge in [0.2, 0.25) is 0 Å². The molecule has 0 saturated carbocycles. The number of rotatable bonds is 8. The van der Waals surface area contributed by atoms with Crippen LogP contribution in [0, 0.1) is 0 Å². The maximum atomic E-state index is 12.4. The van der Waals surface area contributed by atoms with Gasteiger partial charge < -0.3 is 20.5 Å². The fourth-order valence-electron chi connectivity index (χ4n) is 2.69. The number of aromatic nitrogens is 2. The van der Waals surface area contributed by atoms with Crippen molar-refractivity contribution in [3.63, 3.8) is 0 Å². The molecule has 0 aliphatic rings. The number of nitrogen functional groups attached to an aromatic ring is 1. The molecule has 0 aliphatic heterocycles. The van der Waals surface area contributed by atoms with E-state index in [4.69, 9.17) is 15.2 Å². The second kappa shape index (κ2) is 9.92. The van der Waals surface area contributed by atoms with Gasteiger partial charge in [0.25, 0.3) is 5.91 Å². The van der Waals surface area contributed by atoms with E-state index in [1.807, 2.05) is 0 Å². The predicted molar refractivity (Wildman–Crippen MR) is 116 cm³/mol. The van der Waals surface area contributed by atoms with E-state index in [9.17, 15) is 9.59 Å². The monoisotopic (exact) mass is 422 g/mol. The molecule has 0 radical (unpaired) electrons. The molecule has 0 bridgehead atoms. The van der Waals surface area contributed by atoms with Gasteiger partial charge in [-0.15, -0.1) is 0 Å². The number of ether oxygens (including phenoxy) is 2. The van der Waals surface area contributed by atoms with Crippen molar-refractivity contribution in [3.05, 3.63) is 66.0 Å². The summed E-state index contributed by atoms with van der Waals surface area (Å²) in [7, 11) is 1.48. The van der Waals surface area contributed by atoms with Crippen LogP contribution in [0.4, 0.5) is 23.0 Å². The van der Waals surface area contributed by atoms with E-state index in [1.165, 1.54) is 13.4 Å². The predicted octanol–water partition coefficient (Wildman–Crippen LogP) is 2.74. The Balaban J connectivity index is 1.73. The lowest BCUT2D eigenvalue weighted by molar-refractivity contribution is 0.0526. The summed E-state index contributed by atoms with van der Waals surface area (Å²) in [5.41, 5.74) is 12.9. The normalized spacial score (nSPS) is 10.1. The first-order chi connectivity index (χ1) is 15.0. The zero-order chi connectivity index (χ0) is 22.2. The molecule has 1 aromatic heterocycles. The molecule has 10 heteroatoms. The van der Waals surface area contributed by atoms with Crippen molar-refractivity contribution in [2.45, 2.75) is 6.92 Å². The maximum absolute atomic E-state index is 12.4. The molecule has 2 aromatic carbocycles. The van der Waals surface area contributed by atoms with Crippen molar-refractivity contribution in [2.75, 3.05) is 30.2 Å². The van der Waals surface area contributed by atoms with Crippen LogP contribution >= 0.6 is 0 Å². The highest BCUT2D eigenvalue weighted by Gasteiger charge is 2.14. The van der Waals surface area contributed by atoms with Crippen LogP contribution in [0.2, 0.25) is 0 Å². The number of esters is 1. The van der Waals surface area contributed by atoms with E-state index in [1.54, 1.807) is 55.5 Å². The summed E-state index contributed by atoms with van der Waals surface area (Å²) in [5.74, 6) is 0.0731.